The first-order valence-electron chi connectivity index (χ1n) is 9.70. The third-order valence-corrected chi connectivity index (χ3v) is 4.67. The first kappa shape index (κ1) is 20.6. The standard InChI is InChI=1S/C23H30F2O/c1-4-6-7-9-20-12-16-22(17-13-20)23(24,25)26-18(3)21-14-10-19(8-5-2)11-15-21/h10-18H,4-9H2,1-3H3. The minimum atomic E-state index is -3.30. The van der Waals surface area contributed by atoms with E-state index < -0.39 is 12.2 Å². The second kappa shape index (κ2) is 9.82. The van der Waals surface area contributed by atoms with E-state index in [9.17, 15) is 8.78 Å². The summed E-state index contributed by atoms with van der Waals surface area (Å²) in [7, 11) is 0. The molecule has 1 atom stereocenters. The van der Waals surface area contributed by atoms with Crippen LogP contribution in [0, 0.1) is 0 Å². The number of halogens is 2. The Bertz CT molecular complexity index is 647. The fourth-order valence-electron chi connectivity index (χ4n) is 3.05. The van der Waals surface area contributed by atoms with Gasteiger partial charge >= 0.3 is 6.11 Å². The number of unbranched alkanes of at least 4 members (excludes halogenated alkanes) is 2. The maximum absolute atomic E-state index is 14.5. The van der Waals surface area contributed by atoms with E-state index in [0.29, 0.717) is 0 Å². The normalized spacial score (nSPS) is 13.0. The molecule has 2 aromatic rings. The van der Waals surface area contributed by atoms with Crippen LogP contribution in [0.2, 0.25) is 0 Å². The summed E-state index contributed by atoms with van der Waals surface area (Å²) in [6.45, 7) is 5.94. The number of alkyl halides is 2. The van der Waals surface area contributed by atoms with Gasteiger partial charge in [0.1, 0.15) is 0 Å². The summed E-state index contributed by atoms with van der Waals surface area (Å²) in [6, 6.07) is 14.3. The molecule has 2 aromatic carbocycles. The van der Waals surface area contributed by atoms with Crippen molar-refractivity contribution in [3.8, 4) is 0 Å². The lowest BCUT2D eigenvalue weighted by Gasteiger charge is -2.22. The minimum absolute atomic E-state index is 0.0915. The van der Waals surface area contributed by atoms with Crippen LogP contribution in [0.15, 0.2) is 48.5 Å². The Hall–Kier alpha value is -1.74. The maximum atomic E-state index is 14.5. The fraction of sp³-hybridized carbons (Fsp3) is 0.478. The molecular formula is C23H30F2O. The van der Waals surface area contributed by atoms with Crippen molar-refractivity contribution in [1.29, 1.82) is 0 Å². The van der Waals surface area contributed by atoms with Gasteiger partial charge in [0.2, 0.25) is 0 Å². The van der Waals surface area contributed by atoms with Crippen molar-refractivity contribution in [2.75, 3.05) is 0 Å². The predicted molar refractivity (Wildman–Crippen MR) is 104 cm³/mol. The molecule has 0 aliphatic carbocycles. The van der Waals surface area contributed by atoms with Gasteiger partial charge in [0.25, 0.3) is 0 Å². The summed E-state index contributed by atoms with van der Waals surface area (Å²) >= 11 is 0. The van der Waals surface area contributed by atoms with Gasteiger partial charge in [-0.15, -0.1) is 0 Å². The van der Waals surface area contributed by atoms with Crippen molar-refractivity contribution >= 4 is 0 Å². The van der Waals surface area contributed by atoms with Gasteiger partial charge in [-0.3, -0.25) is 0 Å². The highest BCUT2D eigenvalue weighted by molar-refractivity contribution is 5.26. The molecule has 26 heavy (non-hydrogen) atoms. The van der Waals surface area contributed by atoms with Crippen molar-refractivity contribution in [2.24, 2.45) is 0 Å². The highest BCUT2D eigenvalue weighted by atomic mass is 19.3. The first-order valence-corrected chi connectivity index (χ1v) is 9.70. The lowest BCUT2D eigenvalue weighted by molar-refractivity contribution is -0.272. The lowest BCUT2D eigenvalue weighted by Crippen LogP contribution is -2.20. The van der Waals surface area contributed by atoms with E-state index >= 15 is 0 Å². The molecule has 1 nitrogen and oxygen atoms in total. The van der Waals surface area contributed by atoms with E-state index in [1.165, 1.54) is 17.7 Å². The van der Waals surface area contributed by atoms with E-state index in [-0.39, 0.29) is 5.56 Å². The number of aryl methyl sites for hydroxylation is 2. The zero-order valence-corrected chi connectivity index (χ0v) is 16.1. The van der Waals surface area contributed by atoms with Crippen LogP contribution < -0.4 is 0 Å². The third kappa shape index (κ3) is 5.91. The van der Waals surface area contributed by atoms with Crippen molar-refractivity contribution in [1.82, 2.24) is 0 Å². The molecule has 0 amide bonds. The average Bonchev–Trinajstić information content (AvgIpc) is 2.63. The van der Waals surface area contributed by atoms with Crippen molar-refractivity contribution in [3.63, 3.8) is 0 Å². The maximum Gasteiger partial charge on any atom is 0.383 e. The fourth-order valence-corrected chi connectivity index (χ4v) is 3.05. The van der Waals surface area contributed by atoms with Crippen LogP contribution in [0.1, 0.15) is 74.8 Å². The smallest absolute Gasteiger partial charge is 0.309 e. The molecule has 0 radical (unpaired) electrons. The van der Waals surface area contributed by atoms with E-state index in [0.717, 1.165) is 49.7 Å². The Labute approximate surface area is 156 Å². The van der Waals surface area contributed by atoms with E-state index in [2.05, 4.69) is 13.8 Å². The second-order valence-electron chi connectivity index (χ2n) is 6.92. The molecule has 0 fully saturated rings. The largest absolute Gasteiger partial charge is 0.383 e. The second-order valence-corrected chi connectivity index (χ2v) is 6.92. The van der Waals surface area contributed by atoms with Crippen molar-refractivity contribution in [2.45, 2.75) is 71.5 Å². The Kier molecular flexibility index (Phi) is 7.77. The molecule has 0 N–H and O–H groups in total. The Morgan fingerprint density at radius 3 is 1.96 bits per heavy atom. The van der Waals surface area contributed by atoms with Crippen LogP contribution in [0.5, 0.6) is 0 Å². The molecule has 0 bridgehead atoms. The molecule has 0 saturated carbocycles. The number of rotatable bonds is 10. The van der Waals surface area contributed by atoms with Crippen molar-refractivity contribution < 1.29 is 13.5 Å². The topological polar surface area (TPSA) is 9.23 Å². The van der Waals surface area contributed by atoms with Crippen molar-refractivity contribution in [3.05, 3.63) is 70.8 Å². The SMILES string of the molecule is CCCCCc1ccc(C(F)(F)OC(C)c2ccc(CCC)cc2)cc1. The van der Waals surface area contributed by atoms with Gasteiger partial charge in [-0.25, -0.2) is 0 Å². The Morgan fingerprint density at radius 2 is 1.38 bits per heavy atom. The molecule has 0 saturated heterocycles. The summed E-state index contributed by atoms with van der Waals surface area (Å²) in [6.07, 6.45) is 2.42. The highest BCUT2D eigenvalue weighted by Crippen LogP contribution is 2.35. The molecule has 0 spiro atoms. The average molecular weight is 360 g/mol. The van der Waals surface area contributed by atoms with Crippen LogP contribution in [-0.2, 0) is 23.7 Å². The molecule has 3 heteroatoms. The molecule has 142 valence electrons. The van der Waals surface area contributed by atoms with Crippen LogP contribution in [0.3, 0.4) is 0 Å². The highest BCUT2D eigenvalue weighted by Gasteiger charge is 2.35. The number of ether oxygens (including phenoxy) is 1. The van der Waals surface area contributed by atoms with Gasteiger partial charge in [-0.1, -0.05) is 81.6 Å². The van der Waals surface area contributed by atoms with Crippen LogP contribution in [0.4, 0.5) is 8.78 Å². The zero-order valence-electron chi connectivity index (χ0n) is 16.1. The van der Waals surface area contributed by atoms with Gasteiger partial charge < -0.3 is 4.74 Å². The van der Waals surface area contributed by atoms with E-state index in [1.54, 1.807) is 19.1 Å². The molecule has 1 unspecified atom stereocenters. The zero-order chi connectivity index (χ0) is 19.0. The molecule has 0 aromatic heterocycles. The predicted octanol–water partition coefficient (Wildman–Crippen LogP) is 7.20. The molecule has 0 heterocycles. The van der Waals surface area contributed by atoms with E-state index in [4.69, 9.17) is 4.74 Å². The first-order chi connectivity index (χ1) is 12.5. The van der Waals surface area contributed by atoms with Gasteiger partial charge in [-0.2, -0.15) is 8.78 Å². The summed E-state index contributed by atoms with van der Waals surface area (Å²) in [5.41, 5.74) is 2.98. The molecule has 0 aliphatic rings. The number of benzene rings is 2. The monoisotopic (exact) mass is 360 g/mol. The summed E-state index contributed by atoms with van der Waals surface area (Å²) < 4.78 is 34.1. The molecule has 2 rings (SSSR count). The van der Waals surface area contributed by atoms with Crippen LogP contribution >= 0.6 is 0 Å². The van der Waals surface area contributed by atoms with Gasteiger partial charge in [0, 0.05) is 0 Å². The van der Waals surface area contributed by atoms with Crippen LogP contribution in [0.25, 0.3) is 0 Å². The van der Waals surface area contributed by atoms with Crippen LogP contribution in [-0.4, -0.2) is 0 Å². The summed E-state index contributed by atoms with van der Waals surface area (Å²) in [5.74, 6) is 0. The number of hydrogen-bond acceptors (Lipinski definition) is 1. The van der Waals surface area contributed by atoms with Gasteiger partial charge in [0.15, 0.2) is 0 Å². The summed E-state index contributed by atoms with van der Waals surface area (Å²) in [4.78, 5) is 0. The minimum Gasteiger partial charge on any atom is -0.309 e. The van der Waals surface area contributed by atoms with Gasteiger partial charge in [0.05, 0.1) is 11.7 Å². The lowest BCUT2D eigenvalue weighted by atomic mass is 10.0. The molecular weight excluding hydrogens is 330 g/mol. The summed E-state index contributed by atoms with van der Waals surface area (Å²) in [5, 5.41) is 0. The third-order valence-electron chi connectivity index (χ3n) is 4.67. The number of hydrogen-bond donors (Lipinski definition) is 0. The molecule has 0 aliphatic heterocycles. The van der Waals surface area contributed by atoms with E-state index in [1.807, 2.05) is 24.3 Å². The van der Waals surface area contributed by atoms with Gasteiger partial charge in [-0.05, 0) is 42.9 Å². The Balaban J connectivity index is 1.99. The Morgan fingerprint density at radius 1 is 0.808 bits per heavy atom. The quantitative estimate of drug-likeness (QED) is 0.407.